The lowest BCUT2D eigenvalue weighted by Gasteiger charge is -2.27. The highest BCUT2D eigenvalue weighted by Crippen LogP contribution is 2.28. The second-order valence-corrected chi connectivity index (χ2v) is 8.64. The molecule has 0 saturated heterocycles. The van der Waals surface area contributed by atoms with Crippen molar-refractivity contribution in [3.8, 4) is 0 Å². The van der Waals surface area contributed by atoms with E-state index in [1.165, 1.54) is 37.4 Å². The van der Waals surface area contributed by atoms with Gasteiger partial charge in [0.05, 0.1) is 5.25 Å². The Morgan fingerprint density at radius 3 is 2.40 bits per heavy atom. The van der Waals surface area contributed by atoms with E-state index in [2.05, 4.69) is 10.3 Å². The Morgan fingerprint density at radius 1 is 1.12 bits per heavy atom. The van der Waals surface area contributed by atoms with Crippen molar-refractivity contribution in [2.75, 3.05) is 6.54 Å². The van der Waals surface area contributed by atoms with Gasteiger partial charge in [-0.25, -0.2) is 4.79 Å². The number of thioether (sulfide) groups is 1. The average molecular weight is 367 g/mol. The van der Waals surface area contributed by atoms with Gasteiger partial charge in [-0.2, -0.15) is 4.99 Å². The first kappa shape index (κ1) is 18.5. The SMILES string of the molecule is NC(=O)N(CCC1SC(NC2CCCCCC2)=NC1=O)C1CCCC1. The summed E-state index contributed by atoms with van der Waals surface area (Å²) in [4.78, 5) is 29.9. The van der Waals surface area contributed by atoms with E-state index in [-0.39, 0.29) is 23.2 Å². The molecule has 1 aliphatic heterocycles. The van der Waals surface area contributed by atoms with Crippen molar-refractivity contribution in [1.29, 1.82) is 0 Å². The fourth-order valence-electron chi connectivity index (χ4n) is 4.18. The molecule has 2 aliphatic carbocycles. The number of urea groups is 1. The molecule has 7 heteroatoms. The van der Waals surface area contributed by atoms with Crippen molar-refractivity contribution in [3.05, 3.63) is 0 Å². The first-order chi connectivity index (χ1) is 12.1. The molecule has 0 aromatic rings. The summed E-state index contributed by atoms with van der Waals surface area (Å²) in [5, 5.41) is 4.06. The van der Waals surface area contributed by atoms with Gasteiger partial charge in [-0.05, 0) is 32.1 Å². The van der Waals surface area contributed by atoms with Crippen molar-refractivity contribution in [2.24, 2.45) is 10.7 Å². The molecule has 1 unspecified atom stereocenters. The van der Waals surface area contributed by atoms with E-state index in [0.717, 1.165) is 43.7 Å². The minimum absolute atomic E-state index is 0.0723. The van der Waals surface area contributed by atoms with Gasteiger partial charge in [-0.15, -0.1) is 0 Å². The average Bonchev–Trinajstić information content (AvgIpc) is 3.13. The molecule has 1 heterocycles. The number of hydrogen-bond donors (Lipinski definition) is 2. The van der Waals surface area contributed by atoms with Crippen LogP contribution in [-0.4, -0.2) is 45.9 Å². The number of nitrogens with zero attached hydrogens (tertiary/aromatic N) is 2. The van der Waals surface area contributed by atoms with Crippen LogP contribution in [0.4, 0.5) is 4.79 Å². The largest absolute Gasteiger partial charge is 0.362 e. The van der Waals surface area contributed by atoms with Gasteiger partial charge in [0.2, 0.25) is 0 Å². The fraction of sp³-hybridized carbons (Fsp3) is 0.833. The summed E-state index contributed by atoms with van der Waals surface area (Å²) in [5.74, 6) is -0.0723. The Hall–Kier alpha value is -1.24. The standard InChI is InChI=1S/C18H30N4O2S/c19-17(24)22(14-9-5-6-10-14)12-11-15-16(23)21-18(25-15)20-13-7-3-1-2-4-8-13/h13-15H,1-12H2,(H2,19,24)(H,20,21,23). The zero-order chi connectivity index (χ0) is 17.6. The summed E-state index contributed by atoms with van der Waals surface area (Å²) in [7, 11) is 0. The zero-order valence-corrected chi connectivity index (χ0v) is 15.7. The Morgan fingerprint density at radius 2 is 1.76 bits per heavy atom. The van der Waals surface area contributed by atoms with E-state index in [1.807, 2.05) is 0 Å². The number of amidine groups is 1. The minimum Gasteiger partial charge on any atom is -0.362 e. The van der Waals surface area contributed by atoms with E-state index < -0.39 is 0 Å². The first-order valence-electron chi connectivity index (χ1n) is 9.75. The number of carbonyl (C=O) groups is 2. The molecule has 6 nitrogen and oxygen atoms in total. The monoisotopic (exact) mass is 366 g/mol. The number of carbonyl (C=O) groups excluding carboxylic acids is 2. The second-order valence-electron chi connectivity index (χ2n) is 7.45. The summed E-state index contributed by atoms with van der Waals surface area (Å²) in [6, 6.07) is 0.337. The quantitative estimate of drug-likeness (QED) is 0.732. The lowest BCUT2D eigenvalue weighted by molar-refractivity contribution is -0.117. The lowest BCUT2D eigenvalue weighted by Crippen LogP contribution is -2.43. The van der Waals surface area contributed by atoms with E-state index >= 15 is 0 Å². The van der Waals surface area contributed by atoms with Gasteiger partial charge in [0.25, 0.3) is 5.91 Å². The molecule has 3 amide bonds. The normalized spacial score (nSPS) is 25.7. The molecule has 3 N–H and O–H groups in total. The van der Waals surface area contributed by atoms with Crippen LogP contribution in [-0.2, 0) is 4.79 Å². The Bertz CT molecular complexity index is 511. The lowest BCUT2D eigenvalue weighted by atomic mass is 10.1. The number of amides is 3. The van der Waals surface area contributed by atoms with Gasteiger partial charge in [0.15, 0.2) is 5.17 Å². The molecule has 0 spiro atoms. The summed E-state index contributed by atoms with van der Waals surface area (Å²) in [6.07, 6.45) is 12.4. The van der Waals surface area contributed by atoms with E-state index in [1.54, 1.807) is 4.90 Å². The molecular weight excluding hydrogens is 336 g/mol. The van der Waals surface area contributed by atoms with E-state index in [4.69, 9.17) is 5.73 Å². The van der Waals surface area contributed by atoms with Crippen LogP contribution in [0.15, 0.2) is 4.99 Å². The molecule has 3 rings (SSSR count). The van der Waals surface area contributed by atoms with Crippen LogP contribution in [0.3, 0.4) is 0 Å². The molecule has 2 fully saturated rings. The van der Waals surface area contributed by atoms with Crippen LogP contribution in [0, 0.1) is 0 Å². The van der Waals surface area contributed by atoms with Gasteiger partial charge in [-0.1, -0.05) is 50.3 Å². The molecule has 2 saturated carbocycles. The highest BCUT2D eigenvalue weighted by atomic mass is 32.2. The van der Waals surface area contributed by atoms with Crippen LogP contribution in [0.25, 0.3) is 0 Å². The smallest absolute Gasteiger partial charge is 0.315 e. The third kappa shape index (κ3) is 5.12. The molecule has 0 aromatic heterocycles. The van der Waals surface area contributed by atoms with Crippen molar-refractivity contribution >= 4 is 28.9 Å². The molecule has 25 heavy (non-hydrogen) atoms. The first-order valence-corrected chi connectivity index (χ1v) is 10.6. The molecule has 0 aromatic carbocycles. The van der Waals surface area contributed by atoms with Crippen molar-refractivity contribution < 1.29 is 9.59 Å². The molecule has 140 valence electrons. The highest BCUT2D eigenvalue weighted by molar-refractivity contribution is 8.15. The Kier molecular flexibility index (Phi) is 6.62. The number of nitrogens with two attached hydrogens (primary N) is 1. The summed E-state index contributed by atoms with van der Waals surface area (Å²) in [5.41, 5.74) is 5.56. The number of primary amides is 1. The predicted molar refractivity (Wildman–Crippen MR) is 102 cm³/mol. The van der Waals surface area contributed by atoms with E-state index in [0.29, 0.717) is 19.0 Å². The maximum atomic E-state index is 12.2. The van der Waals surface area contributed by atoms with Crippen LogP contribution in [0.2, 0.25) is 0 Å². The molecule has 3 aliphatic rings. The number of nitrogens with one attached hydrogen (secondary N) is 1. The van der Waals surface area contributed by atoms with Gasteiger partial charge in [0.1, 0.15) is 0 Å². The second kappa shape index (κ2) is 8.92. The minimum atomic E-state index is -0.361. The van der Waals surface area contributed by atoms with Gasteiger partial charge in [-0.3, -0.25) is 4.79 Å². The summed E-state index contributed by atoms with van der Waals surface area (Å²) in [6.45, 7) is 0.551. The number of rotatable bonds is 5. The number of hydrogen-bond acceptors (Lipinski definition) is 4. The summed E-state index contributed by atoms with van der Waals surface area (Å²) >= 11 is 1.53. The van der Waals surface area contributed by atoms with Crippen LogP contribution >= 0.6 is 11.8 Å². The van der Waals surface area contributed by atoms with Gasteiger partial charge >= 0.3 is 6.03 Å². The Labute approximate surface area is 154 Å². The molecule has 1 atom stereocenters. The van der Waals surface area contributed by atoms with Gasteiger partial charge in [0, 0.05) is 18.6 Å². The maximum absolute atomic E-state index is 12.2. The number of aliphatic imine (C=N–C) groups is 1. The maximum Gasteiger partial charge on any atom is 0.315 e. The summed E-state index contributed by atoms with van der Waals surface area (Å²) < 4.78 is 0. The Balaban J connectivity index is 1.47. The van der Waals surface area contributed by atoms with Crippen molar-refractivity contribution in [1.82, 2.24) is 10.2 Å². The third-order valence-electron chi connectivity index (χ3n) is 5.60. The topological polar surface area (TPSA) is 87.8 Å². The van der Waals surface area contributed by atoms with Crippen LogP contribution in [0.5, 0.6) is 0 Å². The highest BCUT2D eigenvalue weighted by Gasteiger charge is 2.32. The predicted octanol–water partition coefficient (Wildman–Crippen LogP) is 3.01. The van der Waals surface area contributed by atoms with E-state index in [9.17, 15) is 9.59 Å². The third-order valence-corrected chi connectivity index (χ3v) is 6.76. The molecular formula is C18H30N4O2S. The zero-order valence-electron chi connectivity index (χ0n) is 14.9. The van der Waals surface area contributed by atoms with Crippen molar-refractivity contribution in [2.45, 2.75) is 88.0 Å². The molecule has 0 radical (unpaired) electrons. The molecule has 0 bridgehead atoms. The van der Waals surface area contributed by atoms with Gasteiger partial charge < -0.3 is 16.0 Å². The van der Waals surface area contributed by atoms with Crippen LogP contribution < -0.4 is 11.1 Å². The van der Waals surface area contributed by atoms with Crippen molar-refractivity contribution in [3.63, 3.8) is 0 Å². The fourth-order valence-corrected chi connectivity index (χ4v) is 5.20. The van der Waals surface area contributed by atoms with Crippen LogP contribution in [0.1, 0.15) is 70.6 Å².